The summed E-state index contributed by atoms with van der Waals surface area (Å²) in [5.74, 6) is 0.513. The summed E-state index contributed by atoms with van der Waals surface area (Å²) >= 11 is 0. The molecule has 0 N–H and O–H groups in total. The first-order valence-electron chi connectivity index (χ1n) is 6.55. The van der Waals surface area contributed by atoms with Crippen molar-refractivity contribution in [2.45, 2.75) is 40.0 Å². The Bertz CT molecular complexity index is 506. The van der Waals surface area contributed by atoms with Crippen molar-refractivity contribution in [1.82, 2.24) is 4.98 Å². The third-order valence-electron chi connectivity index (χ3n) is 3.31. The van der Waals surface area contributed by atoms with E-state index < -0.39 is 0 Å². The fourth-order valence-electron chi connectivity index (χ4n) is 2.36. The van der Waals surface area contributed by atoms with E-state index in [1.54, 1.807) is 0 Å². The molecule has 1 heterocycles. The van der Waals surface area contributed by atoms with Crippen LogP contribution in [0.5, 0.6) is 0 Å². The van der Waals surface area contributed by atoms with Crippen LogP contribution >= 0.6 is 0 Å². The van der Waals surface area contributed by atoms with Gasteiger partial charge in [0.25, 0.3) is 0 Å². The van der Waals surface area contributed by atoms with E-state index in [-0.39, 0.29) is 0 Å². The van der Waals surface area contributed by atoms with Crippen molar-refractivity contribution >= 4 is 0 Å². The number of benzene rings is 1. The van der Waals surface area contributed by atoms with Gasteiger partial charge in [-0.15, -0.1) is 0 Å². The molecule has 0 saturated carbocycles. The topological polar surface area (TPSA) is 12.9 Å². The summed E-state index contributed by atoms with van der Waals surface area (Å²) in [6.07, 6.45) is 1.01. The van der Waals surface area contributed by atoms with Crippen LogP contribution in [0.15, 0.2) is 36.4 Å². The molecule has 0 spiro atoms. The van der Waals surface area contributed by atoms with Gasteiger partial charge in [-0.25, -0.2) is 0 Å². The van der Waals surface area contributed by atoms with Gasteiger partial charge in [-0.1, -0.05) is 36.8 Å². The van der Waals surface area contributed by atoms with Crippen LogP contribution in [0.1, 0.15) is 40.9 Å². The van der Waals surface area contributed by atoms with Crippen LogP contribution in [0.3, 0.4) is 0 Å². The second-order valence-electron chi connectivity index (χ2n) is 5.29. The van der Waals surface area contributed by atoms with Crippen LogP contribution < -0.4 is 0 Å². The van der Waals surface area contributed by atoms with Crippen molar-refractivity contribution in [3.05, 3.63) is 64.5 Å². The minimum absolute atomic E-state index is 0.513. The number of aryl methyl sites for hydroxylation is 3. The van der Waals surface area contributed by atoms with Gasteiger partial charge in [-0.2, -0.15) is 0 Å². The number of rotatable bonds is 3. The molecule has 0 aliphatic rings. The lowest BCUT2D eigenvalue weighted by atomic mass is 9.95. The molecule has 0 saturated heterocycles. The molecule has 0 radical (unpaired) electrons. The molecular weight excluding hydrogens is 218 g/mol. The fourth-order valence-corrected chi connectivity index (χ4v) is 2.36. The minimum Gasteiger partial charge on any atom is -0.258 e. The van der Waals surface area contributed by atoms with Gasteiger partial charge in [-0.3, -0.25) is 4.98 Å². The quantitative estimate of drug-likeness (QED) is 0.775. The van der Waals surface area contributed by atoms with E-state index in [2.05, 4.69) is 69.1 Å². The smallest absolute Gasteiger partial charge is 0.0415 e. The van der Waals surface area contributed by atoms with Gasteiger partial charge in [0.05, 0.1) is 0 Å². The van der Waals surface area contributed by atoms with Crippen LogP contribution in [0.4, 0.5) is 0 Å². The summed E-state index contributed by atoms with van der Waals surface area (Å²) in [7, 11) is 0. The Morgan fingerprint density at radius 2 is 1.61 bits per heavy atom. The molecule has 1 aromatic heterocycles. The SMILES string of the molecule is Cc1ccc(C(C)Cc2cc(C)cc(C)n2)cc1. The average Bonchev–Trinajstić information content (AvgIpc) is 2.28. The van der Waals surface area contributed by atoms with E-state index in [0.29, 0.717) is 5.92 Å². The summed E-state index contributed by atoms with van der Waals surface area (Å²) in [5, 5.41) is 0. The molecule has 94 valence electrons. The second kappa shape index (κ2) is 5.34. The highest BCUT2D eigenvalue weighted by Gasteiger charge is 2.08. The lowest BCUT2D eigenvalue weighted by Gasteiger charge is -2.12. The predicted octanol–water partition coefficient (Wildman–Crippen LogP) is 4.35. The molecule has 0 aliphatic heterocycles. The van der Waals surface area contributed by atoms with Gasteiger partial charge in [0, 0.05) is 11.4 Å². The van der Waals surface area contributed by atoms with Crippen molar-refractivity contribution < 1.29 is 0 Å². The zero-order valence-electron chi connectivity index (χ0n) is 11.7. The summed E-state index contributed by atoms with van der Waals surface area (Å²) in [6, 6.07) is 13.1. The molecule has 1 heteroatoms. The number of hydrogen-bond donors (Lipinski definition) is 0. The Morgan fingerprint density at radius 3 is 2.22 bits per heavy atom. The van der Waals surface area contributed by atoms with Gasteiger partial charge in [0.15, 0.2) is 0 Å². The van der Waals surface area contributed by atoms with Crippen LogP contribution in [-0.4, -0.2) is 4.98 Å². The molecule has 1 atom stereocenters. The Labute approximate surface area is 110 Å². The van der Waals surface area contributed by atoms with Crippen molar-refractivity contribution in [3.8, 4) is 0 Å². The van der Waals surface area contributed by atoms with Crippen molar-refractivity contribution in [2.24, 2.45) is 0 Å². The van der Waals surface area contributed by atoms with Crippen molar-refractivity contribution in [2.75, 3.05) is 0 Å². The van der Waals surface area contributed by atoms with E-state index in [0.717, 1.165) is 12.1 Å². The highest BCUT2D eigenvalue weighted by molar-refractivity contribution is 5.26. The molecule has 1 unspecified atom stereocenters. The Kier molecular flexibility index (Phi) is 3.81. The van der Waals surface area contributed by atoms with Gasteiger partial charge in [-0.05, 0) is 56.4 Å². The van der Waals surface area contributed by atoms with Gasteiger partial charge in [0.2, 0.25) is 0 Å². The maximum Gasteiger partial charge on any atom is 0.0415 e. The zero-order valence-corrected chi connectivity index (χ0v) is 11.7. The highest BCUT2D eigenvalue weighted by atomic mass is 14.7. The maximum absolute atomic E-state index is 4.62. The van der Waals surface area contributed by atoms with E-state index in [4.69, 9.17) is 0 Å². The molecule has 2 rings (SSSR count). The molecule has 0 aliphatic carbocycles. The average molecular weight is 239 g/mol. The van der Waals surface area contributed by atoms with E-state index in [1.165, 1.54) is 22.4 Å². The summed E-state index contributed by atoms with van der Waals surface area (Å²) < 4.78 is 0. The first-order chi connectivity index (χ1) is 8.54. The Balaban J connectivity index is 2.15. The minimum atomic E-state index is 0.513. The first-order valence-corrected chi connectivity index (χ1v) is 6.55. The summed E-state index contributed by atoms with van der Waals surface area (Å²) in [4.78, 5) is 4.62. The number of hydrogen-bond acceptors (Lipinski definition) is 1. The molecule has 18 heavy (non-hydrogen) atoms. The van der Waals surface area contributed by atoms with Crippen LogP contribution in [-0.2, 0) is 6.42 Å². The standard InChI is InChI=1S/C17H21N/c1-12-5-7-16(8-6-12)14(3)11-17-10-13(2)9-15(4)18-17/h5-10,14H,11H2,1-4H3. The fraction of sp³-hybridized carbons (Fsp3) is 0.353. The molecule has 0 fully saturated rings. The highest BCUT2D eigenvalue weighted by Crippen LogP contribution is 2.20. The molecule has 0 amide bonds. The molecule has 2 aromatic rings. The maximum atomic E-state index is 4.62. The normalized spacial score (nSPS) is 12.4. The number of aromatic nitrogens is 1. The first kappa shape index (κ1) is 12.8. The van der Waals surface area contributed by atoms with Crippen molar-refractivity contribution in [3.63, 3.8) is 0 Å². The monoisotopic (exact) mass is 239 g/mol. The predicted molar refractivity (Wildman–Crippen MR) is 77.0 cm³/mol. The summed E-state index contributed by atoms with van der Waals surface area (Å²) in [6.45, 7) is 8.59. The van der Waals surface area contributed by atoms with Crippen molar-refractivity contribution in [1.29, 1.82) is 0 Å². The lowest BCUT2D eigenvalue weighted by Crippen LogP contribution is -2.02. The Hall–Kier alpha value is -1.63. The Morgan fingerprint density at radius 1 is 0.944 bits per heavy atom. The van der Waals surface area contributed by atoms with E-state index in [1.807, 2.05) is 0 Å². The molecule has 0 bridgehead atoms. The third-order valence-corrected chi connectivity index (χ3v) is 3.31. The van der Waals surface area contributed by atoms with E-state index in [9.17, 15) is 0 Å². The second-order valence-corrected chi connectivity index (χ2v) is 5.29. The molecular formula is C17H21N. The van der Waals surface area contributed by atoms with Gasteiger partial charge in [0.1, 0.15) is 0 Å². The largest absolute Gasteiger partial charge is 0.258 e. The zero-order chi connectivity index (χ0) is 13.1. The molecule has 1 nitrogen and oxygen atoms in total. The number of nitrogens with zero attached hydrogens (tertiary/aromatic N) is 1. The van der Waals surface area contributed by atoms with Crippen LogP contribution in [0.2, 0.25) is 0 Å². The third kappa shape index (κ3) is 3.19. The lowest BCUT2D eigenvalue weighted by molar-refractivity contribution is 0.737. The van der Waals surface area contributed by atoms with Crippen LogP contribution in [0, 0.1) is 20.8 Å². The van der Waals surface area contributed by atoms with Gasteiger partial charge >= 0.3 is 0 Å². The number of pyridine rings is 1. The van der Waals surface area contributed by atoms with E-state index >= 15 is 0 Å². The van der Waals surface area contributed by atoms with Crippen LogP contribution in [0.25, 0.3) is 0 Å². The van der Waals surface area contributed by atoms with Gasteiger partial charge < -0.3 is 0 Å². The molecule has 1 aromatic carbocycles. The summed E-state index contributed by atoms with van der Waals surface area (Å²) in [5.41, 5.74) is 6.31.